The number of aryl methyl sites for hydroxylation is 3. The maximum atomic E-state index is 8.48. The van der Waals surface area contributed by atoms with Gasteiger partial charge in [0.05, 0.1) is 13.4 Å². The molecular formula is C25H24N6O2. The van der Waals surface area contributed by atoms with Crippen LogP contribution >= 0.6 is 0 Å². The van der Waals surface area contributed by atoms with Crippen LogP contribution in [0.1, 0.15) is 16.8 Å². The Morgan fingerprint density at radius 3 is 2.97 bits per heavy atom. The van der Waals surface area contributed by atoms with Crippen LogP contribution in [0.15, 0.2) is 72.0 Å². The van der Waals surface area contributed by atoms with Crippen molar-refractivity contribution in [3.63, 3.8) is 0 Å². The molecule has 0 amide bonds. The van der Waals surface area contributed by atoms with Gasteiger partial charge in [-0.3, -0.25) is 5.41 Å². The number of imidazole rings is 1. The van der Waals surface area contributed by atoms with Crippen molar-refractivity contribution in [1.82, 2.24) is 19.5 Å². The number of aromatic amines is 1. The van der Waals surface area contributed by atoms with Gasteiger partial charge < -0.3 is 24.0 Å². The number of ether oxygens (including phenoxy) is 1. The highest BCUT2D eigenvalue weighted by Crippen LogP contribution is 2.26. The van der Waals surface area contributed by atoms with E-state index in [-0.39, 0.29) is 5.84 Å². The summed E-state index contributed by atoms with van der Waals surface area (Å²) in [4.78, 5) is 11.9. The molecule has 0 aliphatic rings. The van der Waals surface area contributed by atoms with Crippen molar-refractivity contribution in [3.05, 3.63) is 84.4 Å². The highest BCUT2D eigenvalue weighted by Gasteiger charge is 2.16. The van der Waals surface area contributed by atoms with Crippen molar-refractivity contribution in [2.24, 2.45) is 0 Å². The fraction of sp³-hybridized carbons (Fsp3) is 0.160. The van der Waals surface area contributed by atoms with Crippen molar-refractivity contribution in [2.75, 3.05) is 12.4 Å². The van der Waals surface area contributed by atoms with Crippen molar-refractivity contribution < 1.29 is 9.15 Å². The minimum Gasteiger partial charge on any atom is -0.497 e. The maximum Gasteiger partial charge on any atom is 0.182 e. The van der Waals surface area contributed by atoms with E-state index in [2.05, 4.69) is 20.3 Å². The monoisotopic (exact) mass is 440 g/mol. The van der Waals surface area contributed by atoms with Crippen LogP contribution < -0.4 is 10.1 Å². The van der Waals surface area contributed by atoms with Crippen molar-refractivity contribution >= 4 is 22.6 Å². The molecule has 8 nitrogen and oxygen atoms in total. The van der Waals surface area contributed by atoms with Crippen LogP contribution in [-0.2, 0) is 13.0 Å². The zero-order valence-electron chi connectivity index (χ0n) is 18.4. The molecule has 0 fully saturated rings. The standard InChI is InChI=1S/C25H24N6O2/c1-16-4-3-5-17(10-16)24-23(29-15-33-24)25(26)30-22-13-31(14-28-22)9-8-18-12-27-21-7-6-19(32-2)11-20(18)21/h3-7,10-15,27H,8-9H2,1-2H3,(H2,26,30). The summed E-state index contributed by atoms with van der Waals surface area (Å²) in [5.74, 6) is 2.12. The lowest BCUT2D eigenvalue weighted by atomic mass is 10.1. The van der Waals surface area contributed by atoms with Crippen LogP contribution in [0.4, 0.5) is 5.82 Å². The summed E-state index contributed by atoms with van der Waals surface area (Å²) in [6.45, 7) is 2.77. The quantitative estimate of drug-likeness (QED) is 0.244. The normalized spacial score (nSPS) is 11.1. The second-order valence-electron chi connectivity index (χ2n) is 7.87. The third kappa shape index (κ3) is 4.23. The molecule has 0 radical (unpaired) electrons. The zero-order chi connectivity index (χ0) is 22.8. The lowest BCUT2D eigenvalue weighted by molar-refractivity contribution is 0.415. The minimum atomic E-state index is 0.134. The number of amidine groups is 1. The number of anilines is 1. The number of hydrogen-bond donors (Lipinski definition) is 3. The molecule has 5 rings (SSSR count). The summed E-state index contributed by atoms with van der Waals surface area (Å²) in [6, 6.07) is 13.9. The summed E-state index contributed by atoms with van der Waals surface area (Å²) < 4.78 is 12.9. The predicted molar refractivity (Wildman–Crippen MR) is 128 cm³/mol. The second-order valence-corrected chi connectivity index (χ2v) is 7.87. The van der Waals surface area contributed by atoms with Crippen molar-refractivity contribution in [1.29, 1.82) is 5.41 Å². The van der Waals surface area contributed by atoms with Gasteiger partial charge in [0.2, 0.25) is 0 Å². The topological polar surface area (TPSA) is 105 Å². The first kappa shape index (κ1) is 20.6. The molecule has 3 heterocycles. The van der Waals surface area contributed by atoms with Gasteiger partial charge in [0, 0.05) is 35.4 Å². The van der Waals surface area contributed by atoms with E-state index < -0.39 is 0 Å². The van der Waals surface area contributed by atoms with Gasteiger partial charge in [-0.05, 0) is 43.2 Å². The van der Waals surface area contributed by atoms with E-state index in [1.54, 1.807) is 13.4 Å². The third-order valence-corrected chi connectivity index (χ3v) is 5.58. The lowest BCUT2D eigenvalue weighted by Gasteiger charge is -2.05. The highest BCUT2D eigenvalue weighted by atomic mass is 16.5. The summed E-state index contributed by atoms with van der Waals surface area (Å²) in [6.07, 6.45) is 7.87. The van der Waals surface area contributed by atoms with E-state index in [0.29, 0.717) is 17.3 Å². The van der Waals surface area contributed by atoms with Crippen LogP contribution in [0.25, 0.3) is 22.2 Å². The molecular weight excluding hydrogens is 416 g/mol. The Labute approximate surface area is 190 Å². The molecule has 2 aromatic carbocycles. The Hall–Kier alpha value is -4.33. The molecule has 0 atom stereocenters. The van der Waals surface area contributed by atoms with E-state index in [0.717, 1.165) is 40.7 Å². The Morgan fingerprint density at radius 2 is 2.12 bits per heavy atom. The molecule has 0 bridgehead atoms. The number of rotatable bonds is 7. The average molecular weight is 441 g/mol. The van der Waals surface area contributed by atoms with Crippen LogP contribution in [0.3, 0.4) is 0 Å². The Morgan fingerprint density at radius 1 is 1.21 bits per heavy atom. The molecule has 0 spiro atoms. The van der Waals surface area contributed by atoms with E-state index in [4.69, 9.17) is 14.6 Å². The van der Waals surface area contributed by atoms with Gasteiger partial charge in [-0.2, -0.15) is 0 Å². The van der Waals surface area contributed by atoms with Gasteiger partial charge >= 0.3 is 0 Å². The number of nitrogens with zero attached hydrogens (tertiary/aromatic N) is 3. The van der Waals surface area contributed by atoms with Crippen LogP contribution in [-0.4, -0.2) is 32.5 Å². The molecule has 0 aliphatic carbocycles. The van der Waals surface area contributed by atoms with Gasteiger partial charge in [0.1, 0.15) is 11.6 Å². The maximum absolute atomic E-state index is 8.48. The number of aromatic nitrogens is 4. The number of H-pyrrole nitrogens is 1. The van der Waals surface area contributed by atoms with Crippen LogP contribution in [0.2, 0.25) is 0 Å². The summed E-state index contributed by atoms with van der Waals surface area (Å²) in [7, 11) is 1.67. The lowest BCUT2D eigenvalue weighted by Crippen LogP contribution is -2.13. The Balaban J connectivity index is 1.27. The van der Waals surface area contributed by atoms with Gasteiger partial charge in [0.25, 0.3) is 0 Å². The number of benzene rings is 2. The minimum absolute atomic E-state index is 0.134. The first-order chi connectivity index (χ1) is 16.1. The first-order valence-corrected chi connectivity index (χ1v) is 10.6. The van der Waals surface area contributed by atoms with Crippen molar-refractivity contribution in [2.45, 2.75) is 19.9 Å². The molecule has 3 aromatic heterocycles. The molecule has 0 aliphatic heterocycles. The van der Waals surface area contributed by atoms with E-state index >= 15 is 0 Å². The Bertz CT molecular complexity index is 1430. The first-order valence-electron chi connectivity index (χ1n) is 10.6. The van der Waals surface area contributed by atoms with Gasteiger partial charge in [-0.25, -0.2) is 9.97 Å². The van der Waals surface area contributed by atoms with Crippen molar-refractivity contribution in [3.8, 4) is 17.1 Å². The number of methoxy groups -OCH3 is 1. The summed E-state index contributed by atoms with van der Waals surface area (Å²) in [5, 5.41) is 12.7. The second kappa shape index (κ2) is 8.66. The zero-order valence-corrected chi connectivity index (χ0v) is 18.4. The molecule has 0 unspecified atom stereocenters. The number of hydrogen-bond acceptors (Lipinski definition) is 5. The van der Waals surface area contributed by atoms with E-state index in [1.807, 2.05) is 66.3 Å². The largest absolute Gasteiger partial charge is 0.497 e. The summed E-state index contributed by atoms with van der Waals surface area (Å²) in [5.41, 5.74) is 4.74. The smallest absolute Gasteiger partial charge is 0.182 e. The Kier molecular flexibility index (Phi) is 5.40. The average Bonchev–Trinajstić information content (AvgIpc) is 3.57. The van der Waals surface area contributed by atoms with Gasteiger partial charge in [0.15, 0.2) is 23.7 Å². The molecule has 3 N–H and O–H groups in total. The number of nitrogens with one attached hydrogen (secondary N) is 3. The van der Waals surface area contributed by atoms with E-state index in [9.17, 15) is 0 Å². The highest BCUT2D eigenvalue weighted by molar-refractivity contribution is 6.07. The summed E-state index contributed by atoms with van der Waals surface area (Å²) >= 11 is 0. The molecule has 5 aromatic rings. The molecule has 0 saturated carbocycles. The molecule has 8 heteroatoms. The molecule has 33 heavy (non-hydrogen) atoms. The third-order valence-electron chi connectivity index (χ3n) is 5.58. The SMILES string of the molecule is COc1ccc2[nH]cc(CCn3cnc(NC(=N)c4ncoc4-c4cccc(C)c4)c3)c2c1. The fourth-order valence-electron chi connectivity index (χ4n) is 3.89. The van der Waals surface area contributed by atoms with Gasteiger partial charge in [-0.15, -0.1) is 0 Å². The number of oxazole rings is 1. The van der Waals surface area contributed by atoms with Crippen LogP contribution in [0, 0.1) is 12.3 Å². The fourth-order valence-corrected chi connectivity index (χ4v) is 3.89. The van der Waals surface area contributed by atoms with Gasteiger partial charge in [-0.1, -0.05) is 23.8 Å². The molecule has 166 valence electrons. The van der Waals surface area contributed by atoms with E-state index in [1.165, 1.54) is 12.0 Å². The number of fused-ring (bicyclic) bond motifs is 1. The predicted octanol–water partition coefficient (Wildman–Crippen LogP) is 5.02. The molecule has 0 saturated heterocycles. The van der Waals surface area contributed by atoms with Crippen LogP contribution in [0.5, 0.6) is 5.75 Å².